The number of Topliss-reactive ketones (excluding diaryl/α,β-unsaturated/α-hetero) is 1. The van der Waals surface area contributed by atoms with Gasteiger partial charge < -0.3 is 19.3 Å². The Morgan fingerprint density at radius 3 is 2.79 bits per heavy atom. The summed E-state index contributed by atoms with van der Waals surface area (Å²) in [5, 5.41) is 11.8. The number of fused-ring (bicyclic) bond motifs is 1. The number of benzene rings is 2. The Bertz CT molecular complexity index is 1620. The summed E-state index contributed by atoms with van der Waals surface area (Å²) in [7, 11) is 0. The average Bonchev–Trinajstić information content (AvgIpc) is 3.62. The largest absolute Gasteiger partial charge is 0.507 e. The lowest BCUT2D eigenvalue weighted by Crippen LogP contribution is -2.29. The summed E-state index contributed by atoms with van der Waals surface area (Å²) in [6, 6.07) is 11.3. The fourth-order valence-electron chi connectivity index (χ4n) is 5.13. The summed E-state index contributed by atoms with van der Waals surface area (Å²) in [6.07, 6.45) is 2.96. The molecule has 2 atom stereocenters. The van der Waals surface area contributed by atoms with E-state index in [-0.39, 0.29) is 34.1 Å². The number of amides is 1. The second-order valence-electron chi connectivity index (χ2n) is 11.0. The molecule has 0 saturated carbocycles. The zero-order chi connectivity index (χ0) is 30.8. The van der Waals surface area contributed by atoms with Crippen molar-refractivity contribution >= 4 is 39.9 Å². The number of rotatable bonds is 10. The molecule has 1 amide bonds. The van der Waals surface area contributed by atoms with Gasteiger partial charge in [-0.1, -0.05) is 50.0 Å². The minimum absolute atomic E-state index is 0.00285. The van der Waals surface area contributed by atoms with Crippen molar-refractivity contribution in [3.8, 4) is 11.5 Å². The molecule has 0 aliphatic carbocycles. The van der Waals surface area contributed by atoms with Crippen LogP contribution in [0.25, 0.3) is 5.76 Å². The number of aryl methyl sites for hydroxylation is 1. The van der Waals surface area contributed by atoms with Gasteiger partial charge in [-0.15, -0.1) is 0 Å². The molecule has 1 N–H and O–H groups in total. The zero-order valence-corrected chi connectivity index (χ0v) is 25.4. The first-order chi connectivity index (χ1) is 20.6. The maximum Gasteiger partial charge on any atom is 0.350 e. The molecule has 1 aromatic heterocycles. The fourth-order valence-corrected chi connectivity index (χ4v) is 6.12. The number of ether oxygens (including phenoxy) is 3. The van der Waals surface area contributed by atoms with Gasteiger partial charge in [0.1, 0.15) is 34.8 Å². The first-order valence-corrected chi connectivity index (χ1v) is 15.0. The standard InChI is InChI=1S/C33H34N2O7S/c1-6-13-41-32(39)30-20(5)34-33(43-30)35-27(21-8-7-9-24(17-21)40-14-12-18(2)3)26(29(37)31(35)38)28(36)22-10-11-25-23(16-22)15-19(4)42-25/h6-11,16-19,27,36H,1,12-15H2,2-5H3/t19-,27-/m1/s1. The van der Waals surface area contributed by atoms with Gasteiger partial charge in [-0.3, -0.25) is 14.5 Å². The molecule has 2 aliphatic heterocycles. The summed E-state index contributed by atoms with van der Waals surface area (Å²) >= 11 is 0.948. The van der Waals surface area contributed by atoms with Gasteiger partial charge in [-0.05, 0) is 67.6 Å². The van der Waals surface area contributed by atoms with E-state index in [0.717, 1.165) is 29.1 Å². The second kappa shape index (κ2) is 12.4. The third-order valence-corrected chi connectivity index (χ3v) is 8.40. The van der Waals surface area contributed by atoms with E-state index in [9.17, 15) is 19.5 Å². The predicted molar refractivity (Wildman–Crippen MR) is 164 cm³/mol. The van der Waals surface area contributed by atoms with E-state index in [1.807, 2.05) is 6.92 Å². The van der Waals surface area contributed by atoms with Crippen molar-refractivity contribution in [2.24, 2.45) is 5.92 Å². The van der Waals surface area contributed by atoms with E-state index in [0.29, 0.717) is 41.5 Å². The molecule has 2 aromatic carbocycles. The molecule has 224 valence electrons. The number of aliphatic hydroxyl groups is 1. The smallest absolute Gasteiger partial charge is 0.350 e. The van der Waals surface area contributed by atoms with E-state index < -0.39 is 23.7 Å². The number of aliphatic hydroxyl groups excluding tert-OH is 1. The highest BCUT2D eigenvalue weighted by molar-refractivity contribution is 7.17. The SMILES string of the molecule is C=CCOC(=O)c1sc(N2C(=O)C(=O)C(=C(O)c3ccc4c(c3)C[C@@H](C)O4)[C@H]2c2cccc(OCCC(C)C)c2)nc1C. The number of nitrogens with zero attached hydrogens (tertiary/aromatic N) is 2. The highest BCUT2D eigenvalue weighted by Crippen LogP contribution is 2.45. The number of hydrogen-bond acceptors (Lipinski definition) is 9. The second-order valence-corrected chi connectivity index (χ2v) is 12.0. The Labute approximate surface area is 254 Å². The van der Waals surface area contributed by atoms with Crippen molar-refractivity contribution < 1.29 is 33.7 Å². The van der Waals surface area contributed by atoms with Crippen molar-refractivity contribution in [3.63, 3.8) is 0 Å². The van der Waals surface area contributed by atoms with Gasteiger partial charge >= 0.3 is 11.9 Å². The molecule has 0 unspecified atom stereocenters. The topological polar surface area (TPSA) is 115 Å². The monoisotopic (exact) mass is 602 g/mol. The summed E-state index contributed by atoms with van der Waals surface area (Å²) in [5.74, 6) is -0.894. The normalized spacial score (nSPS) is 19.0. The molecule has 2 aliphatic rings. The number of carbonyl (C=O) groups is 3. The number of ketones is 1. The van der Waals surface area contributed by atoms with Gasteiger partial charge in [0.15, 0.2) is 5.13 Å². The van der Waals surface area contributed by atoms with Crippen molar-refractivity contribution in [3.05, 3.63) is 88.0 Å². The van der Waals surface area contributed by atoms with Crippen LogP contribution in [-0.2, 0) is 20.7 Å². The molecular formula is C33H34N2O7S. The molecular weight excluding hydrogens is 568 g/mol. The molecule has 3 aromatic rings. The summed E-state index contributed by atoms with van der Waals surface area (Å²) in [4.78, 5) is 46.0. The number of anilines is 1. The van der Waals surface area contributed by atoms with Crippen LogP contribution in [0.5, 0.6) is 11.5 Å². The molecule has 5 rings (SSSR count). The van der Waals surface area contributed by atoms with E-state index in [1.165, 1.54) is 11.0 Å². The molecule has 0 bridgehead atoms. The molecule has 43 heavy (non-hydrogen) atoms. The van der Waals surface area contributed by atoms with Crippen LogP contribution >= 0.6 is 11.3 Å². The van der Waals surface area contributed by atoms with Crippen LogP contribution in [0, 0.1) is 12.8 Å². The van der Waals surface area contributed by atoms with Crippen LogP contribution in [0.4, 0.5) is 5.13 Å². The molecule has 0 radical (unpaired) electrons. The van der Waals surface area contributed by atoms with E-state index in [4.69, 9.17) is 14.2 Å². The van der Waals surface area contributed by atoms with Gasteiger partial charge in [0.05, 0.1) is 23.9 Å². The summed E-state index contributed by atoms with van der Waals surface area (Å²) in [6.45, 7) is 11.9. The van der Waals surface area contributed by atoms with Crippen LogP contribution in [0.15, 0.2) is 60.7 Å². The summed E-state index contributed by atoms with van der Waals surface area (Å²) in [5.41, 5.74) is 2.12. The van der Waals surface area contributed by atoms with E-state index in [2.05, 4.69) is 25.4 Å². The summed E-state index contributed by atoms with van der Waals surface area (Å²) < 4.78 is 17.0. The lowest BCUT2D eigenvalue weighted by atomic mass is 9.94. The Hall–Kier alpha value is -4.44. The third kappa shape index (κ3) is 6.06. The molecule has 10 heteroatoms. The van der Waals surface area contributed by atoms with Crippen molar-refractivity contribution in [1.82, 2.24) is 4.98 Å². The van der Waals surface area contributed by atoms with Crippen molar-refractivity contribution in [2.75, 3.05) is 18.1 Å². The molecule has 3 heterocycles. The maximum atomic E-state index is 13.7. The van der Waals surface area contributed by atoms with E-state index in [1.54, 1.807) is 49.4 Å². The zero-order valence-electron chi connectivity index (χ0n) is 24.6. The fraction of sp³-hybridized carbons (Fsp3) is 0.333. The van der Waals surface area contributed by atoms with Crippen LogP contribution in [0.3, 0.4) is 0 Å². The van der Waals surface area contributed by atoms with Gasteiger partial charge in [0.2, 0.25) is 0 Å². The van der Waals surface area contributed by atoms with Crippen LogP contribution in [0.2, 0.25) is 0 Å². The Morgan fingerprint density at radius 1 is 1.26 bits per heavy atom. The lowest BCUT2D eigenvalue weighted by Gasteiger charge is -2.23. The first-order valence-electron chi connectivity index (χ1n) is 14.2. The first kappa shape index (κ1) is 30.0. The number of thiazole rings is 1. The number of hydrogen-bond donors (Lipinski definition) is 1. The van der Waals surface area contributed by atoms with Gasteiger partial charge in [0, 0.05) is 12.0 Å². The van der Waals surface area contributed by atoms with Crippen LogP contribution in [0.1, 0.15) is 65.3 Å². The Balaban J connectivity index is 1.62. The predicted octanol–water partition coefficient (Wildman–Crippen LogP) is 6.17. The maximum absolute atomic E-state index is 13.7. The number of esters is 1. The molecule has 1 saturated heterocycles. The van der Waals surface area contributed by atoms with Gasteiger partial charge in [-0.2, -0.15) is 0 Å². The molecule has 9 nitrogen and oxygen atoms in total. The Kier molecular flexibility index (Phi) is 8.68. The quantitative estimate of drug-likeness (QED) is 0.0964. The van der Waals surface area contributed by atoms with Gasteiger partial charge in [-0.25, -0.2) is 9.78 Å². The third-order valence-electron chi connectivity index (χ3n) is 7.26. The number of aromatic nitrogens is 1. The minimum Gasteiger partial charge on any atom is -0.507 e. The van der Waals surface area contributed by atoms with Crippen LogP contribution in [-0.4, -0.2) is 47.1 Å². The van der Waals surface area contributed by atoms with Crippen LogP contribution < -0.4 is 14.4 Å². The van der Waals surface area contributed by atoms with Crippen molar-refractivity contribution in [2.45, 2.75) is 52.7 Å². The minimum atomic E-state index is -1.03. The molecule has 1 fully saturated rings. The highest BCUT2D eigenvalue weighted by atomic mass is 32.1. The van der Waals surface area contributed by atoms with Crippen molar-refractivity contribution in [1.29, 1.82) is 0 Å². The average molecular weight is 603 g/mol. The number of carbonyl (C=O) groups excluding carboxylic acids is 3. The van der Waals surface area contributed by atoms with E-state index >= 15 is 0 Å². The highest BCUT2D eigenvalue weighted by Gasteiger charge is 2.48. The lowest BCUT2D eigenvalue weighted by molar-refractivity contribution is -0.132. The molecule has 0 spiro atoms. The van der Waals surface area contributed by atoms with Gasteiger partial charge in [0.25, 0.3) is 5.78 Å². The Morgan fingerprint density at radius 2 is 2.05 bits per heavy atom.